The summed E-state index contributed by atoms with van der Waals surface area (Å²) in [6, 6.07) is 5.49. The van der Waals surface area contributed by atoms with Crippen LogP contribution >= 0.6 is 0 Å². The van der Waals surface area contributed by atoms with Gasteiger partial charge in [-0.1, -0.05) is 18.8 Å². The second-order valence-corrected chi connectivity index (χ2v) is 7.48. The van der Waals surface area contributed by atoms with E-state index in [0.29, 0.717) is 24.1 Å². The van der Waals surface area contributed by atoms with E-state index in [4.69, 9.17) is 4.74 Å². The summed E-state index contributed by atoms with van der Waals surface area (Å²) in [6.45, 7) is 4.78. The van der Waals surface area contributed by atoms with Gasteiger partial charge in [-0.05, 0) is 75.9 Å². The second kappa shape index (κ2) is 10.9. The van der Waals surface area contributed by atoms with Crippen molar-refractivity contribution in [1.82, 2.24) is 9.80 Å². The SMILES string of the molecule is CCCN(C)CC#C[C@H]1CC[C@H](CN(C)C(=O)Oc2ccc(F)cc2)CC1. The molecule has 0 bridgehead atoms. The molecule has 0 saturated heterocycles. The minimum atomic E-state index is -0.400. The summed E-state index contributed by atoms with van der Waals surface area (Å²) in [5, 5.41) is 0. The zero-order valence-corrected chi connectivity index (χ0v) is 16.7. The highest BCUT2D eigenvalue weighted by atomic mass is 19.1. The molecule has 1 aromatic rings. The molecule has 1 aromatic carbocycles. The van der Waals surface area contributed by atoms with E-state index in [9.17, 15) is 9.18 Å². The highest BCUT2D eigenvalue weighted by Crippen LogP contribution is 2.29. The van der Waals surface area contributed by atoms with E-state index < -0.39 is 6.09 Å². The molecule has 0 spiro atoms. The van der Waals surface area contributed by atoms with Crippen LogP contribution in [0.4, 0.5) is 9.18 Å². The third-order valence-electron chi connectivity index (χ3n) is 4.97. The van der Waals surface area contributed by atoms with Gasteiger partial charge < -0.3 is 9.64 Å². The van der Waals surface area contributed by atoms with Gasteiger partial charge in [-0.3, -0.25) is 4.90 Å². The number of amides is 1. The van der Waals surface area contributed by atoms with Gasteiger partial charge >= 0.3 is 6.09 Å². The van der Waals surface area contributed by atoms with Crippen LogP contribution in [0.15, 0.2) is 24.3 Å². The Hall–Kier alpha value is -2.06. The predicted molar refractivity (Wildman–Crippen MR) is 106 cm³/mol. The van der Waals surface area contributed by atoms with Crippen LogP contribution in [-0.2, 0) is 0 Å². The average Bonchev–Trinajstić information content (AvgIpc) is 2.65. The van der Waals surface area contributed by atoms with Crippen molar-refractivity contribution >= 4 is 6.09 Å². The van der Waals surface area contributed by atoms with Gasteiger partial charge in [0.15, 0.2) is 0 Å². The summed E-state index contributed by atoms with van der Waals surface area (Å²) >= 11 is 0. The molecule has 0 heterocycles. The lowest BCUT2D eigenvalue weighted by atomic mass is 9.82. The van der Waals surface area contributed by atoms with Gasteiger partial charge in [-0.2, -0.15) is 0 Å². The molecule has 1 fully saturated rings. The number of carbonyl (C=O) groups excluding carboxylic acids is 1. The van der Waals surface area contributed by atoms with Crippen molar-refractivity contribution in [3.8, 4) is 17.6 Å². The number of halogens is 1. The molecule has 0 atom stereocenters. The molecule has 148 valence electrons. The van der Waals surface area contributed by atoms with Gasteiger partial charge in [-0.25, -0.2) is 9.18 Å². The molecular weight excluding hydrogens is 343 g/mol. The largest absolute Gasteiger partial charge is 0.414 e. The van der Waals surface area contributed by atoms with Gasteiger partial charge in [0, 0.05) is 19.5 Å². The molecular formula is C22H31FN2O2. The minimum absolute atomic E-state index is 0.347. The number of benzene rings is 1. The molecule has 4 nitrogen and oxygen atoms in total. The van der Waals surface area contributed by atoms with Crippen LogP contribution < -0.4 is 4.74 Å². The molecule has 0 aliphatic heterocycles. The van der Waals surface area contributed by atoms with E-state index in [1.54, 1.807) is 11.9 Å². The zero-order valence-electron chi connectivity index (χ0n) is 16.7. The van der Waals surface area contributed by atoms with E-state index in [2.05, 4.69) is 30.7 Å². The van der Waals surface area contributed by atoms with E-state index in [1.807, 2.05) is 0 Å². The Morgan fingerprint density at radius 3 is 2.48 bits per heavy atom. The molecule has 0 unspecified atom stereocenters. The Balaban J connectivity index is 1.70. The normalized spacial score (nSPS) is 19.3. The fourth-order valence-electron chi connectivity index (χ4n) is 3.42. The fraction of sp³-hybridized carbons (Fsp3) is 0.591. The van der Waals surface area contributed by atoms with Gasteiger partial charge in [0.1, 0.15) is 11.6 Å². The lowest BCUT2D eigenvalue weighted by Gasteiger charge is -2.29. The Kier molecular flexibility index (Phi) is 8.60. The first kappa shape index (κ1) is 21.2. The molecule has 0 N–H and O–H groups in total. The van der Waals surface area contributed by atoms with Crippen molar-refractivity contribution in [2.45, 2.75) is 39.0 Å². The molecule has 27 heavy (non-hydrogen) atoms. The van der Waals surface area contributed by atoms with Crippen LogP contribution in [0, 0.1) is 29.5 Å². The van der Waals surface area contributed by atoms with E-state index in [1.165, 1.54) is 24.3 Å². The minimum Gasteiger partial charge on any atom is -0.410 e. The summed E-state index contributed by atoms with van der Waals surface area (Å²) in [5.74, 6) is 7.70. The highest BCUT2D eigenvalue weighted by Gasteiger charge is 2.23. The van der Waals surface area contributed by atoms with Crippen LogP contribution in [-0.4, -0.2) is 49.6 Å². The topological polar surface area (TPSA) is 32.8 Å². The Labute approximate surface area is 162 Å². The van der Waals surface area contributed by atoms with E-state index >= 15 is 0 Å². The van der Waals surface area contributed by atoms with Crippen molar-refractivity contribution in [2.75, 3.05) is 33.7 Å². The highest BCUT2D eigenvalue weighted by molar-refractivity contribution is 5.70. The molecule has 1 amide bonds. The number of hydrogen-bond acceptors (Lipinski definition) is 3. The Bertz CT molecular complexity index is 643. The van der Waals surface area contributed by atoms with Crippen LogP contribution in [0.3, 0.4) is 0 Å². The van der Waals surface area contributed by atoms with Crippen LogP contribution in [0.2, 0.25) is 0 Å². The van der Waals surface area contributed by atoms with Crippen molar-refractivity contribution in [3.63, 3.8) is 0 Å². The fourth-order valence-corrected chi connectivity index (χ4v) is 3.42. The van der Waals surface area contributed by atoms with Gasteiger partial charge in [-0.15, -0.1) is 0 Å². The first-order chi connectivity index (χ1) is 13.0. The van der Waals surface area contributed by atoms with E-state index in [-0.39, 0.29) is 5.82 Å². The lowest BCUT2D eigenvalue weighted by Crippen LogP contribution is -2.35. The monoisotopic (exact) mass is 374 g/mol. The number of hydrogen-bond donors (Lipinski definition) is 0. The third kappa shape index (κ3) is 7.60. The Morgan fingerprint density at radius 2 is 1.85 bits per heavy atom. The summed E-state index contributed by atoms with van der Waals surface area (Å²) in [4.78, 5) is 16.0. The standard InChI is InChI=1S/C22H31FN2O2/c1-4-15-24(2)16-5-6-18-7-9-19(10-8-18)17-25(3)22(26)27-21-13-11-20(23)12-14-21/h11-14,18-19H,4,7-10,15-17H2,1-3H3/t18-,19-. The number of rotatable bonds is 6. The van der Waals surface area contributed by atoms with Gasteiger partial charge in [0.25, 0.3) is 0 Å². The maximum atomic E-state index is 12.9. The third-order valence-corrected chi connectivity index (χ3v) is 4.97. The molecule has 1 aliphatic rings. The van der Waals surface area contributed by atoms with E-state index in [0.717, 1.165) is 45.2 Å². The molecule has 1 aliphatic carbocycles. The van der Waals surface area contributed by atoms with Gasteiger partial charge in [0.05, 0.1) is 6.54 Å². The number of nitrogens with zero attached hydrogens (tertiary/aromatic N) is 2. The smallest absolute Gasteiger partial charge is 0.410 e. The molecule has 0 radical (unpaired) electrons. The first-order valence-electron chi connectivity index (χ1n) is 9.83. The summed E-state index contributed by atoms with van der Waals surface area (Å²) in [7, 11) is 3.86. The van der Waals surface area contributed by atoms with Crippen molar-refractivity contribution in [1.29, 1.82) is 0 Å². The summed E-state index contributed by atoms with van der Waals surface area (Å²) in [5.41, 5.74) is 0. The quantitative estimate of drug-likeness (QED) is 0.692. The van der Waals surface area contributed by atoms with Crippen molar-refractivity contribution < 1.29 is 13.9 Å². The summed E-state index contributed by atoms with van der Waals surface area (Å²) in [6.07, 6.45) is 5.10. The van der Waals surface area contributed by atoms with Crippen molar-refractivity contribution in [3.05, 3.63) is 30.1 Å². The molecule has 5 heteroatoms. The molecule has 1 saturated carbocycles. The Morgan fingerprint density at radius 1 is 1.19 bits per heavy atom. The maximum absolute atomic E-state index is 12.9. The lowest BCUT2D eigenvalue weighted by molar-refractivity contribution is 0.148. The zero-order chi connectivity index (χ0) is 19.6. The second-order valence-electron chi connectivity index (χ2n) is 7.48. The summed E-state index contributed by atoms with van der Waals surface area (Å²) < 4.78 is 18.2. The maximum Gasteiger partial charge on any atom is 0.414 e. The van der Waals surface area contributed by atoms with Crippen LogP contribution in [0.5, 0.6) is 5.75 Å². The van der Waals surface area contributed by atoms with Crippen molar-refractivity contribution in [2.24, 2.45) is 11.8 Å². The number of carbonyl (C=O) groups is 1. The molecule has 2 rings (SSSR count). The predicted octanol–water partition coefficient (Wildman–Crippen LogP) is 4.41. The van der Waals surface area contributed by atoms with Crippen LogP contribution in [0.1, 0.15) is 39.0 Å². The average molecular weight is 375 g/mol. The number of ether oxygens (including phenoxy) is 1. The van der Waals surface area contributed by atoms with Gasteiger partial charge in [0.2, 0.25) is 0 Å². The molecule has 0 aromatic heterocycles. The van der Waals surface area contributed by atoms with Crippen LogP contribution in [0.25, 0.3) is 0 Å². The first-order valence-corrected chi connectivity index (χ1v) is 9.83.